The van der Waals surface area contributed by atoms with E-state index in [4.69, 9.17) is 0 Å². The van der Waals surface area contributed by atoms with Gasteiger partial charge < -0.3 is 9.64 Å². The standard InChI is InChI=1S/C9H16N2.C4H6O3.Zn/c1-2-5-9-10-6-4-8-11(9)7-3-1;1-3(5)7-4(2)6;/h1-8H2;1-2H3;. The quantitative estimate of drug-likeness (QED) is 0.388. The maximum absolute atomic E-state index is 9.81. The Bertz CT molecular complexity index is 320. The van der Waals surface area contributed by atoms with Crippen molar-refractivity contribution in [1.29, 1.82) is 0 Å². The van der Waals surface area contributed by atoms with Gasteiger partial charge in [-0.15, -0.1) is 0 Å². The number of carbonyl (C=O) groups excluding carboxylic acids is 2. The molecule has 104 valence electrons. The van der Waals surface area contributed by atoms with Gasteiger partial charge in [0.05, 0.1) is 5.84 Å². The molecule has 19 heavy (non-hydrogen) atoms. The smallest absolute Gasteiger partial charge is 0.310 e. The first-order valence-corrected chi connectivity index (χ1v) is 6.57. The summed E-state index contributed by atoms with van der Waals surface area (Å²) in [7, 11) is 0. The topological polar surface area (TPSA) is 59.0 Å². The fourth-order valence-corrected chi connectivity index (χ4v) is 2.14. The minimum absolute atomic E-state index is 0. The third-order valence-corrected chi connectivity index (χ3v) is 2.86. The number of rotatable bonds is 0. The number of hydrogen-bond donors (Lipinski definition) is 0. The Hall–Kier alpha value is -0.767. The average molecular weight is 320 g/mol. The van der Waals surface area contributed by atoms with Crippen LogP contribution in [0.5, 0.6) is 0 Å². The van der Waals surface area contributed by atoms with Crippen molar-refractivity contribution < 1.29 is 33.8 Å². The summed E-state index contributed by atoms with van der Waals surface area (Å²) >= 11 is 0. The summed E-state index contributed by atoms with van der Waals surface area (Å²) in [5, 5.41) is 0. The number of carbonyl (C=O) groups is 2. The molecule has 1 saturated heterocycles. The Kier molecular flexibility index (Phi) is 9.67. The minimum Gasteiger partial charge on any atom is -0.394 e. The molecule has 0 spiro atoms. The first-order valence-electron chi connectivity index (χ1n) is 6.57. The van der Waals surface area contributed by atoms with Crippen LogP contribution < -0.4 is 0 Å². The zero-order valence-electron chi connectivity index (χ0n) is 12.0. The molecule has 0 unspecified atom stereocenters. The van der Waals surface area contributed by atoms with Crippen LogP contribution in [0.3, 0.4) is 0 Å². The molecule has 0 radical (unpaired) electrons. The van der Waals surface area contributed by atoms with Gasteiger partial charge in [0.2, 0.25) is 0 Å². The van der Waals surface area contributed by atoms with Crippen LogP contribution in [0.1, 0.15) is 46.0 Å². The van der Waals surface area contributed by atoms with Crippen LogP contribution in [-0.4, -0.2) is 42.3 Å². The van der Waals surface area contributed by atoms with Gasteiger partial charge in [-0.2, -0.15) is 0 Å². The molecule has 0 atom stereocenters. The molecular weight excluding hydrogens is 298 g/mol. The molecule has 2 aliphatic heterocycles. The third kappa shape index (κ3) is 8.09. The number of esters is 2. The van der Waals surface area contributed by atoms with Crippen LogP contribution in [0.25, 0.3) is 0 Å². The van der Waals surface area contributed by atoms with Crippen molar-refractivity contribution in [1.82, 2.24) is 4.90 Å². The van der Waals surface area contributed by atoms with E-state index in [1.54, 1.807) is 0 Å². The van der Waals surface area contributed by atoms with Crippen LogP contribution in [0.2, 0.25) is 0 Å². The summed E-state index contributed by atoms with van der Waals surface area (Å²) in [6, 6.07) is 0. The molecule has 2 aliphatic rings. The molecule has 0 aromatic heterocycles. The predicted octanol–water partition coefficient (Wildman–Crippen LogP) is 1.76. The summed E-state index contributed by atoms with van der Waals surface area (Å²) in [5.41, 5.74) is 0. The van der Waals surface area contributed by atoms with Crippen molar-refractivity contribution >= 4 is 17.8 Å². The van der Waals surface area contributed by atoms with Crippen molar-refractivity contribution in [2.45, 2.75) is 46.0 Å². The van der Waals surface area contributed by atoms with E-state index >= 15 is 0 Å². The summed E-state index contributed by atoms with van der Waals surface area (Å²) in [4.78, 5) is 26.7. The summed E-state index contributed by atoms with van der Waals surface area (Å²) in [5.74, 6) is 0.272. The number of fused-ring (bicyclic) bond motifs is 1. The first-order chi connectivity index (χ1) is 8.59. The number of nitrogens with zero attached hydrogens (tertiary/aromatic N) is 2. The number of amidine groups is 1. The Morgan fingerprint density at radius 1 is 1.05 bits per heavy atom. The Morgan fingerprint density at radius 2 is 1.68 bits per heavy atom. The molecule has 0 aromatic rings. The van der Waals surface area contributed by atoms with Gasteiger partial charge in [0.25, 0.3) is 0 Å². The van der Waals surface area contributed by atoms with E-state index in [-0.39, 0.29) is 19.5 Å². The van der Waals surface area contributed by atoms with Crippen LogP contribution >= 0.6 is 0 Å². The van der Waals surface area contributed by atoms with Gasteiger partial charge in [-0.3, -0.25) is 14.6 Å². The monoisotopic (exact) mass is 318 g/mol. The maximum atomic E-state index is 9.81. The molecule has 2 rings (SSSR count). The van der Waals surface area contributed by atoms with Gasteiger partial charge in [-0.1, -0.05) is 6.42 Å². The summed E-state index contributed by atoms with van der Waals surface area (Å²) in [6.45, 7) is 5.96. The molecule has 0 N–H and O–H groups in total. The van der Waals surface area contributed by atoms with Gasteiger partial charge in [-0.05, 0) is 19.3 Å². The second-order valence-electron chi connectivity index (χ2n) is 4.53. The van der Waals surface area contributed by atoms with Crippen molar-refractivity contribution in [3.8, 4) is 0 Å². The largest absolute Gasteiger partial charge is 0.394 e. The summed E-state index contributed by atoms with van der Waals surface area (Å²) < 4.78 is 3.97. The number of ether oxygens (including phenoxy) is 1. The van der Waals surface area contributed by atoms with Crippen molar-refractivity contribution in [3.63, 3.8) is 0 Å². The van der Waals surface area contributed by atoms with Crippen LogP contribution in [0, 0.1) is 0 Å². The molecule has 0 amide bonds. The molecule has 5 nitrogen and oxygen atoms in total. The molecule has 0 saturated carbocycles. The minimum atomic E-state index is -0.562. The average Bonchev–Trinajstić information content (AvgIpc) is 2.52. The third-order valence-electron chi connectivity index (χ3n) is 2.86. The Morgan fingerprint density at radius 3 is 2.26 bits per heavy atom. The number of aliphatic imine (C=N–C) groups is 1. The van der Waals surface area contributed by atoms with E-state index < -0.39 is 11.9 Å². The van der Waals surface area contributed by atoms with Gasteiger partial charge in [-0.25, -0.2) is 0 Å². The van der Waals surface area contributed by atoms with E-state index in [0.29, 0.717) is 0 Å². The Labute approximate surface area is 127 Å². The van der Waals surface area contributed by atoms with E-state index in [1.165, 1.54) is 64.9 Å². The fraction of sp³-hybridized carbons (Fsp3) is 0.769. The van der Waals surface area contributed by atoms with Gasteiger partial charge in [0.15, 0.2) is 0 Å². The van der Waals surface area contributed by atoms with Crippen molar-refractivity contribution in [2.75, 3.05) is 19.6 Å². The zero-order valence-corrected chi connectivity index (χ0v) is 15.0. The van der Waals surface area contributed by atoms with Gasteiger partial charge >= 0.3 is 11.9 Å². The molecule has 0 aromatic carbocycles. The van der Waals surface area contributed by atoms with E-state index in [1.807, 2.05) is 0 Å². The first kappa shape index (κ1) is 18.2. The van der Waals surface area contributed by atoms with Gasteiger partial charge in [0.1, 0.15) is 0 Å². The van der Waals surface area contributed by atoms with E-state index in [0.717, 1.165) is 6.54 Å². The molecule has 6 heteroatoms. The number of hydrogen-bond acceptors (Lipinski definition) is 5. The van der Waals surface area contributed by atoms with Gasteiger partial charge in [0, 0.05) is 59.4 Å². The second kappa shape index (κ2) is 10.1. The van der Waals surface area contributed by atoms with Crippen molar-refractivity contribution in [2.24, 2.45) is 4.99 Å². The van der Waals surface area contributed by atoms with Crippen LogP contribution in [-0.2, 0) is 33.8 Å². The molecule has 0 bridgehead atoms. The second-order valence-corrected chi connectivity index (χ2v) is 4.53. The van der Waals surface area contributed by atoms with Crippen LogP contribution in [0.15, 0.2) is 4.99 Å². The zero-order chi connectivity index (χ0) is 13.4. The maximum Gasteiger partial charge on any atom is 0.310 e. The molecule has 0 aliphatic carbocycles. The SMILES string of the molecule is C1CCC2=NCCCN2CC1.CC(=O)OC(C)=O.[Zn]. The van der Waals surface area contributed by atoms with E-state index in [9.17, 15) is 9.59 Å². The summed E-state index contributed by atoms with van der Waals surface area (Å²) in [6.07, 6.45) is 6.63. The van der Waals surface area contributed by atoms with E-state index in [2.05, 4.69) is 14.6 Å². The molecular formula is C13H22N2O3Zn. The molecule has 1 fully saturated rings. The fourth-order valence-electron chi connectivity index (χ4n) is 2.14. The molecule has 2 heterocycles. The Balaban J connectivity index is 0.000000360. The predicted molar refractivity (Wildman–Crippen MR) is 69.4 cm³/mol. The van der Waals surface area contributed by atoms with Crippen LogP contribution in [0.4, 0.5) is 0 Å². The normalized spacial score (nSPS) is 17.6. The van der Waals surface area contributed by atoms with Crippen molar-refractivity contribution in [3.05, 3.63) is 0 Å².